The summed E-state index contributed by atoms with van der Waals surface area (Å²) < 4.78 is 1.70. The van der Waals surface area contributed by atoms with Crippen LogP contribution in [0.15, 0.2) is 12.1 Å². The van der Waals surface area contributed by atoms with Gasteiger partial charge in [0.25, 0.3) is 0 Å². The van der Waals surface area contributed by atoms with Gasteiger partial charge in [-0.3, -0.25) is 4.79 Å². The second-order valence-electron chi connectivity index (χ2n) is 6.22. The molecule has 124 valence electrons. The molecule has 2 heterocycles. The maximum absolute atomic E-state index is 11.9. The van der Waals surface area contributed by atoms with Gasteiger partial charge in [-0.05, 0) is 37.8 Å². The van der Waals surface area contributed by atoms with E-state index in [1.165, 1.54) is 32.1 Å². The molecule has 2 aromatic heterocycles. The van der Waals surface area contributed by atoms with Crippen LogP contribution in [0.25, 0.3) is 5.65 Å². The van der Waals surface area contributed by atoms with Crippen molar-refractivity contribution in [3.8, 4) is 0 Å². The highest BCUT2D eigenvalue weighted by Gasteiger charge is 2.16. The van der Waals surface area contributed by atoms with Gasteiger partial charge in [0.05, 0.1) is 0 Å². The summed E-state index contributed by atoms with van der Waals surface area (Å²) in [6.45, 7) is 3.12. The molecule has 0 radical (unpaired) electrons. The van der Waals surface area contributed by atoms with Crippen LogP contribution >= 0.6 is 0 Å². The normalized spacial score (nSPS) is 15.7. The van der Waals surface area contributed by atoms with E-state index in [0.29, 0.717) is 25.4 Å². The minimum Gasteiger partial charge on any atom is -0.367 e. The van der Waals surface area contributed by atoms with Gasteiger partial charge in [-0.1, -0.05) is 19.3 Å². The third-order valence-electron chi connectivity index (χ3n) is 4.37. The van der Waals surface area contributed by atoms with Crippen LogP contribution in [0.4, 0.5) is 5.82 Å². The number of carbonyl (C=O) groups is 1. The average molecular weight is 316 g/mol. The molecule has 0 spiro atoms. The van der Waals surface area contributed by atoms with Crippen molar-refractivity contribution in [1.82, 2.24) is 25.1 Å². The topological polar surface area (TPSA) is 84.2 Å². The van der Waals surface area contributed by atoms with Gasteiger partial charge >= 0.3 is 0 Å². The molecule has 1 saturated carbocycles. The van der Waals surface area contributed by atoms with Crippen molar-refractivity contribution in [3.63, 3.8) is 0 Å². The van der Waals surface area contributed by atoms with Crippen LogP contribution < -0.4 is 10.6 Å². The second kappa shape index (κ2) is 7.39. The Hall–Kier alpha value is -2.18. The van der Waals surface area contributed by atoms with Gasteiger partial charge in [0.1, 0.15) is 5.82 Å². The van der Waals surface area contributed by atoms with Crippen molar-refractivity contribution in [2.24, 2.45) is 5.92 Å². The Labute approximate surface area is 135 Å². The van der Waals surface area contributed by atoms with E-state index in [1.54, 1.807) is 4.52 Å². The maximum Gasteiger partial charge on any atom is 0.220 e. The number of nitrogens with zero attached hydrogens (tertiary/aromatic N) is 4. The van der Waals surface area contributed by atoms with E-state index in [9.17, 15) is 4.79 Å². The van der Waals surface area contributed by atoms with E-state index in [-0.39, 0.29) is 5.91 Å². The third-order valence-corrected chi connectivity index (χ3v) is 4.37. The number of aromatic nitrogens is 4. The summed E-state index contributed by atoms with van der Waals surface area (Å²) >= 11 is 0. The van der Waals surface area contributed by atoms with Crippen molar-refractivity contribution in [1.29, 1.82) is 0 Å². The summed E-state index contributed by atoms with van der Waals surface area (Å²) in [7, 11) is 0. The fourth-order valence-electron chi connectivity index (χ4n) is 3.11. The lowest BCUT2D eigenvalue weighted by atomic mass is 9.87. The zero-order chi connectivity index (χ0) is 16.1. The quantitative estimate of drug-likeness (QED) is 0.796. The van der Waals surface area contributed by atoms with E-state index in [2.05, 4.69) is 25.9 Å². The summed E-state index contributed by atoms with van der Waals surface area (Å²) in [5.74, 6) is 2.25. The van der Waals surface area contributed by atoms with Gasteiger partial charge < -0.3 is 10.6 Å². The number of amides is 1. The summed E-state index contributed by atoms with van der Waals surface area (Å²) in [5.41, 5.74) is 0.730. The van der Waals surface area contributed by atoms with Crippen LogP contribution in [0.2, 0.25) is 0 Å². The zero-order valence-electron chi connectivity index (χ0n) is 13.6. The summed E-state index contributed by atoms with van der Waals surface area (Å²) in [6, 6.07) is 3.74. The van der Waals surface area contributed by atoms with Gasteiger partial charge in [-0.2, -0.15) is 4.52 Å². The van der Waals surface area contributed by atoms with Crippen LogP contribution in [-0.4, -0.2) is 38.8 Å². The van der Waals surface area contributed by atoms with Crippen LogP contribution in [0.5, 0.6) is 0 Å². The minimum atomic E-state index is 0.164. The highest BCUT2D eigenvalue weighted by atomic mass is 16.1. The maximum atomic E-state index is 11.9. The number of rotatable bonds is 6. The summed E-state index contributed by atoms with van der Waals surface area (Å²) in [5, 5.41) is 18.6. The molecule has 2 aromatic rings. The highest BCUT2D eigenvalue weighted by Crippen LogP contribution is 2.25. The first-order chi connectivity index (χ1) is 11.2. The number of carbonyl (C=O) groups excluding carboxylic acids is 1. The van der Waals surface area contributed by atoms with Crippen molar-refractivity contribution < 1.29 is 4.79 Å². The first kappa shape index (κ1) is 15.7. The molecule has 0 aliphatic heterocycles. The molecule has 3 rings (SSSR count). The van der Waals surface area contributed by atoms with Crippen LogP contribution in [0.1, 0.15) is 44.3 Å². The monoisotopic (exact) mass is 316 g/mol. The molecule has 0 aromatic carbocycles. The molecule has 7 nitrogen and oxygen atoms in total. The number of aryl methyl sites for hydroxylation is 1. The van der Waals surface area contributed by atoms with Crippen LogP contribution in [-0.2, 0) is 4.79 Å². The highest BCUT2D eigenvalue weighted by molar-refractivity contribution is 5.76. The molecule has 0 atom stereocenters. The Balaban J connectivity index is 1.40. The predicted molar refractivity (Wildman–Crippen MR) is 88.2 cm³/mol. The molecule has 1 fully saturated rings. The Morgan fingerprint density at radius 3 is 2.87 bits per heavy atom. The van der Waals surface area contributed by atoms with Gasteiger partial charge in [-0.15, -0.1) is 15.3 Å². The van der Waals surface area contributed by atoms with Crippen molar-refractivity contribution in [2.45, 2.75) is 45.4 Å². The molecular weight excluding hydrogens is 292 g/mol. The molecule has 7 heteroatoms. The molecule has 1 aliphatic rings. The Morgan fingerprint density at radius 1 is 1.22 bits per heavy atom. The van der Waals surface area contributed by atoms with Crippen molar-refractivity contribution in [3.05, 3.63) is 18.0 Å². The third kappa shape index (κ3) is 4.18. The summed E-state index contributed by atoms with van der Waals surface area (Å²) in [4.78, 5) is 11.9. The molecule has 2 N–H and O–H groups in total. The minimum absolute atomic E-state index is 0.164. The molecule has 1 amide bonds. The van der Waals surface area contributed by atoms with E-state index in [0.717, 1.165) is 17.3 Å². The predicted octanol–water partition coefficient (Wildman–Crippen LogP) is 1.93. The first-order valence-electron chi connectivity index (χ1n) is 8.42. The molecule has 23 heavy (non-hydrogen) atoms. The van der Waals surface area contributed by atoms with Gasteiger partial charge in [0.2, 0.25) is 5.91 Å². The van der Waals surface area contributed by atoms with Crippen LogP contribution in [0, 0.1) is 12.8 Å². The van der Waals surface area contributed by atoms with E-state index in [1.807, 2.05) is 19.1 Å². The first-order valence-corrected chi connectivity index (χ1v) is 8.42. The van der Waals surface area contributed by atoms with Crippen molar-refractivity contribution >= 4 is 17.4 Å². The number of nitrogens with one attached hydrogen (secondary N) is 2. The van der Waals surface area contributed by atoms with Gasteiger partial charge in [-0.25, -0.2) is 0 Å². The van der Waals surface area contributed by atoms with Crippen LogP contribution in [0.3, 0.4) is 0 Å². The van der Waals surface area contributed by atoms with E-state index >= 15 is 0 Å². The lowest BCUT2D eigenvalue weighted by Crippen LogP contribution is -2.30. The van der Waals surface area contributed by atoms with Crippen molar-refractivity contribution in [2.75, 3.05) is 18.4 Å². The molecule has 0 unspecified atom stereocenters. The lowest BCUT2D eigenvalue weighted by molar-refractivity contribution is -0.122. The van der Waals surface area contributed by atoms with Gasteiger partial charge in [0, 0.05) is 19.5 Å². The Morgan fingerprint density at radius 2 is 2.04 bits per heavy atom. The number of hydrogen-bond acceptors (Lipinski definition) is 5. The SMILES string of the molecule is Cc1nnc2ccc(NCCNC(=O)CC3CCCCC3)nn12. The zero-order valence-corrected chi connectivity index (χ0v) is 13.6. The Bertz CT molecular complexity index is 662. The largest absolute Gasteiger partial charge is 0.367 e. The lowest BCUT2D eigenvalue weighted by Gasteiger charge is -2.20. The fraction of sp³-hybridized carbons (Fsp3) is 0.625. The molecular formula is C16H24N6O. The fourth-order valence-corrected chi connectivity index (χ4v) is 3.11. The van der Waals surface area contributed by atoms with E-state index in [4.69, 9.17) is 0 Å². The average Bonchev–Trinajstić information content (AvgIpc) is 2.93. The number of fused-ring (bicyclic) bond motifs is 1. The Kier molecular flexibility index (Phi) is 5.05. The molecule has 0 saturated heterocycles. The second-order valence-corrected chi connectivity index (χ2v) is 6.22. The summed E-state index contributed by atoms with van der Waals surface area (Å²) in [6.07, 6.45) is 6.95. The smallest absolute Gasteiger partial charge is 0.220 e. The number of hydrogen-bond donors (Lipinski definition) is 2. The van der Waals surface area contributed by atoms with E-state index < -0.39 is 0 Å². The molecule has 1 aliphatic carbocycles. The van der Waals surface area contributed by atoms with Gasteiger partial charge in [0.15, 0.2) is 11.5 Å². The standard InChI is InChI=1S/C16H24N6O/c1-12-19-20-15-8-7-14(21-22(12)15)17-9-10-18-16(23)11-13-5-3-2-4-6-13/h7-8,13H,2-6,9-11H2,1H3,(H,17,21)(H,18,23). The molecule has 0 bridgehead atoms. The number of anilines is 1.